The molecule has 3 nitrogen and oxygen atoms in total. The molecule has 0 saturated heterocycles. The number of nitrogens with two attached hydrogens (primary N) is 1. The van der Waals surface area contributed by atoms with Gasteiger partial charge in [0, 0.05) is 19.2 Å². The molecule has 1 heterocycles. The quantitative estimate of drug-likeness (QED) is 0.876. The van der Waals surface area contributed by atoms with Crippen molar-refractivity contribution in [2.75, 3.05) is 6.54 Å². The third-order valence-electron chi connectivity index (χ3n) is 2.74. The fraction of sp³-hybridized carbons (Fsp3) is 0.308. The Bertz CT molecular complexity index is 505. The van der Waals surface area contributed by atoms with Gasteiger partial charge in [-0.2, -0.15) is 0 Å². The molecule has 0 amide bonds. The van der Waals surface area contributed by atoms with Gasteiger partial charge in [-0.1, -0.05) is 6.07 Å². The summed E-state index contributed by atoms with van der Waals surface area (Å²) in [5, 5.41) is 0. The smallest absolute Gasteiger partial charge is 0.123 e. The van der Waals surface area contributed by atoms with Crippen molar-refractivity contribution < 1.29 is 4.39 Å². The zero-order valence-corrected chi connectivity index (χ0v) is 9.86. The molecule has 0 aliphatic carbocycles. The second-order valence-electron chi connectivity index (χ2n) is 4.15. The van der Waals surface area contributed by atoms with Gasteiger partial charge in [0.15, 0.2) is 0 Å². The minimum absolute atomic E-state index is 0.194. The fourth-order valence-corrected chi connectivity index (χ4v) is 1.80. The summed E-state index contributed by atoms with van der Waals surface area (Å²) in [6.07, 6.45) is 4.55. The average Bonchev–Trinajstić information content (AvgIpc) is 2.71. The van der Waals surface area contributed by atoms with Crippen LogP contribution >= 0.6 is 0 Å². The van der Waals surface area contributed by atoms with E-state index < -0.39 is 0 Å². The van der Waals surface area contributed by atoms with Gasteiger partial charge in [0.05, 0.1) is 12.0 Å². The molecular weight excluding hydrogens is 217 g/mol. The number of rotatable bonds is 4. The van der Waals surface area contributed by atoms with Crippen molar-refractivity contribution in [1.29, 1.82) is 0 Å². The maximum atomic E-state index is 13.0. The van der Waals surface area contributed by atoms with Crippen LogP contribution in [0.25, 0.3) is 0 Å². The number of aryl methyl sites for hydroxylation is 1. The van der Waals surface area contributed by atoms with Gasteiger partial charge in [-0.05, 0) is 36.7 Å². The molecule has 1 aromatic heterocycles. The number of halogens is 1. The van der Waals surface area contributed by atoms with E-state index in [1.807, 2.05) is 23.8 Å². The van der Waals surface area contributed by atoms with Gasteiger partial charge in [-0.3, -0.25) is 0 Å². The molecule has 2 aromatic rings. The SMILES string of the molecule is Cc1cc(F)ccc1Cn1cnc(CCN)c1. The van der Waals surface area contributed by atoms with Crippen molar-refractivity contribution in [3.8, 4) is 0 Å². The first-order valence-corrected chi connectivity index (χ1v) is 5.65. The Kier molecular flexibility index (Phi) is 3.54. The first kappa shape index (κ1) is 11.8. The predicted octanol–water partition coefficient (Wildman–Crippen LogP) is 1.88. The van der Waals surface area contributed by atoms with Gasteiger partial charge in [-0.25, -0.2) is 9.37 Å². The second-order valence-corrected chi connectivity index (χ2v) is 4.15. The lowest BCUT2D eigenvalue weighted by molar-refractivity contribution is 0.624. The third kappa shape index (κ3) is 2.91. The zero-order chi connectivity index (χ0) is 12.3. The largest absolute Gasteiger partial charge is 0.333 e. The Balaban J connectivity index is 2.13. The van der Waals surface area contributed by atoms with E-state index >= 15 is 0 Å². The van der Waals surface area contributed by atoms with Crippen molar-refractivity contribution >= 4 is 0 Å². The number of hydrogen-bond donors (Lipinski definition) is 1. The molecule has 0 bridgehead atoms. The Morgan fingerprint density at radius 3 is 2.94 bits per heavy atom. The summed E-state index contributed by atoms with van der Waals surface area (Å²) in [7, 11) is 0. The molecule has 1 aromatic carbocycles. The summed E-state index contributed by atoms with van der Waals surface area (Å²) in [5.41, 5.74) is 8.52. The molecule has 4 heteroatoms. The molecule has 90 valence electrons. The molecule has 17 heavy (non-hydrogen) atoms. The lowest BCUT2D eigenvalue weighted by atomic mass is 10.1. The van der Waals surface area contributed by atoms with E-state index in [9.17, 15) is 4.39 Å². The van der Waals surface area contributed by atoms with Gasteiger partial charge in [-0.15, -0.1) is 0 Å². The second kappa shape index (κ2) is 5.10. The van der Waals surface area contributed by atoms with Crippen molar-refractivity contribution in [1.82, 2.24) is 9.55 Å². The van der Waals surface area contributed by atoms with Crippen LogP contribution in [0.5, 0.6) is 0 Å². The molecule has 0 fully saturated rings. The Morgan fingerprint density at radius 1 is 1.41 bits per heavy atom. The van der Waals surface area contributed by atoms with Crippen LogP contribution in [0.3, 0.4) is 0 Å². The average molecular weight is 233 g/mol. The summed E-state index contributed by atoms with van der Waals surface area (Å²) < 4.78 is 14.9. The van der Waals surface area contributed by atoms with E-state index in [0.29, 0.717) is 13.1 Å². The molecule has 0 radical (unpaired) electrons. The van der Waals surface area contributed by atoms with Crippen molar-refractivity contribution in [2.45, 2.75) is 19.9 Å². The summed E-state index contributed by atoms with van der Waals surface area (Å²) >= 11 is 0. The summed E-state index contributed by atoms with van der Waals surface area (Å²) in [6, 6.07) is 4.85. The van der Waals surface area contributed by atoms with E-state index in [4.69, 9.17) is 5.73 Å². The summed E-state index contributed by atoms with van der Waals surface area (Å²) in [5.74, 6) is -0.194. The van der Waals surface area contributed by atoms with Crippen molar-refractivity contribution in [2.24, 2.45) is 5.73 Å². The molecule has 2 rings (SSSR count). The number of nitrogens with zero attached hydrogens (tertiary/aromatic N) is 2. The molecule has 0 unspecified atom stereocenters. The topological polar surface area (TPSA) is 43.8 Å². The minimum Gasteiger partial charge on any atom is -0.333 e. The first-order valence-electron chi connectivity index (χ1n) is 5.65. The number of imidazole rings is 1. The Morgan fingerprint density at radius 2 is 2.24 bits per heavy atom. The van der Waals surface area contributed by atoms with E-state index in [1.54, 1.807) is 12.4 Å². The highest BCUT2D eigenvalue weighted by Gasteiger charge is 2.02. The molecule has 0 aliphatic rings. The van der Waals surface area contributed by atoms with Gasteiger partial charge in [0.1, 0.15) is 5.82 Å². The lowest BCUT2D eigenvalue weighted by Gasteiger charge is -2.06. The molecule has 0 atom stereocenters. The highest BCUT2D eigenvalue weighted by molar-refractivity contribution is 5.26. The Hall–Kier alpha value is -1.68. The van der Waals surface area contributed by atoms with Gasteiger partial charge in [0.2, 0.25) is 0 Å². The van der Waals surface area contributed by atoms with E-state index in [0.717, 1.165) is 23.2 Å². The van der Waals surface area contributed by atoms with Crippen molar-refractivity contribution in [3.63, 3.8) is 0 Å². The zero-order valence-electron chi connectivity index (χ0n) is 9.86. The Labute approximate surface area is 100 Å². The summed E-state index contributed by atoms with van der Waals surface area (Å²) in [4.78, 5) is 4.26. The maximum Gasteiger partial charge on any atom is 0.123 e. The van der Waals surface area contributed by atoms with Crippen LogP contribution in [0.1, 0.15) is 16.8 Å². The molecule has 0 spiro atoms. The maximum absolute atomic E-state index is 13.0. The van der Waals surface area contributed by atoms with E-state index in [-0.39, 0.29) is 5.82 Å². The molecule has 0 saturated carbocycles. The third-order valence-corrected chi connectivity index (χ3v) is 2.74. The van der Waals surface area contributed by atoms with Crippen LogP contribution < -0.4 is 5.73 Å². The predicted molar refractivity (Wildman–Crippen MR) is 65.2 cm³/mol. The van der Waals surface area contributed by atoms with Crippen LogP contribution in [0.15, 0.2) is 30.7 Å². The van der Waals surface area contributed by atoms with Crippen LogP contribution in [0, 0.1) is 12.7 Å². The lowest BCUT2D eigenvalue weighted by Crippen LogP contribution is -2.03. The van der Waals surface area contributed by atoms with Crippen LogP contribution in [-0.4, -0.2) is 16.1 Å². The first-order chi connectivity index (χ1) is 8.19. The summed E-state index contributed by atoms with van der Waals surface area (Å²) in [6.45, 7) is 3.23. The van der Waals surface area contributed by atoms with Gasteiger partial charge in [0.25, 0.3) is 0 Å². The molecule has 2 N–H and O–H groups in total. The van der Waals surface area contributed by atoms with E-state index in [1.165, 1.54) is 6.07 Å². The minimum atomic E-state index is -0.194. The van der Waals surface area contributed by atoms with Crippen molar-refractivity contribution in [3.05, 3.63) is 53.4 Å². The van der Waals surface area contributed by atoms with Crippen LogP contribution in [0.4, 0.5) is 4.39 Å². The van der Waals surface area contributed by atoms with E-state index in [2.05, 4.69) is 4.98 Å². The van der Waals surface area contributed by atoms with Gasteiger partial charge < -0.3 is 10.3 Å². The standard InChI is InChI=1S/C13H16FN3/c1-10-6-12(14)3-2-11(10)7-17-8-13(4-5-15)16-9-17/h2-3,6,8-9H,4-5,7,15H2,1H3. The monoisotopic (exact) mass is 233 g/mol. The molecular formula is C13H16FN3. The van der Waals surface area contributed by atoms with Crippen LogP contribution in [-0.2, 0) is 13.0 Å². The normalized spacial score (nSPS) is 10.8. The van der Waals surface area contributed by atoms with Gasteiger partial charge >= 0.3 is 0 Å². The van der Waals surface area contributed by atoms with Crippen LogP contribution in [0.2, 0.25) is 0 Å². The number of aromatic nitrogens is 2. The highest BCUT2D eigenvalue weighted by Crippen LogP contribution is 2.12. The molecule has 0 aliphatic heterocycles. The highest BCUT2D eigenvalue weighted by atomic mass is 19.1. The fourth-order valence-electron chi connectivity index (χ4n) is 1.80. The number of hydrogen-bond acceptors (Lipinski definition) is 2. The number of benzene rings is 1.